The van der Waals surface area contributed by atoms with Gasteiger partial charge in [-0.25, -0.2) is 8.42 Å². The third-order valence-corrected chi connectivity index (χ3v) is 7.71. The highest BCUT2D eigenvalue weighted by molar-refractivity contribution is 7.92. The summed E-state index contributed by atoms with van der Waals surface area (Å²) in [6.07, 6.45) is 2.09. The van der Waals surface area contributed by atoms with Gasteiger partial charge < -0.3 is 20.5 Å². The lowest BCUT2D eigenvalue weighted by Gasteiger charge is -2.29. The van der Waals surface area contributed by atoms with Crippen molar-refractivity contribution in [3.63, 3.8) is 0 Å². The van der Waals surface area contributed by atoms with Crippen molar-refractivity contribution in [1.29, 1.82) is 0 Å². The fourth-order valence-electron chi connectivity index (χ4n) is 4.12. The number of carbonyl (C=O) groups excluding carboxylic acids is 1. The maximum Gasteiger partial charge on any atom is 0.287 e. The minimum absolute atomic E-state index is 0.0445. The number of nitrogens with one attached hydrogen (secondary N) is 1. The summed E-state index contributed by atoms with van der Waals surface area (Å²) >= 11 is 0. The molecule has 3 rings (SSSR count). The van der Waals surface area contributed by atoms with Gasteiger partial charge in [0.2, 0.25) is 5.91 Å². The van der Waals surface area contributed by atoms with E-state index in [0.29, 0.717) is 0 Å². The van der Waals surface area contributed by atoms with Crippen LogP contribution in [0.3, 0.4) is 0 Å². The van der Waals surface area contributed by atoms with Crippen LogP contribution in [-0.2, 0) is 24.1 Å². The number of nitrogens with zero attached hydrogens (tertiary/aromatic N) is 1. The van der Waals surface area contributed by atoms with E-state index in [1.807, 2.05) is 0 Å². The Morgan fingerprint density at radius 1 is 1.47 bits per heavy atom. The molecule has 0 aromatic heterocycles. The predicted molar refractivity (Wildman–Crippen MR) is 107 cm³/mol. The highest BCUT2D eigenvalue weighted by Gasteiger charge is 2.75. The van der Waals surface area contributed by atoms with E-state index in [1.54, 1.807) is 6.08 Å². The SMILES string of the molecule is C=CCOC1C(S(=O)(=O)c2ccccc2[N+](=O)[O-])C12CN[C@H](COC)C=C2C(N)=O. The van der Waals surface area contributed by atoms with Gasteiger partial charge in [0, 0.05) is 31.3 Å². The fourth-order valence-corrected chi connectivity index (χ4v) is 6.56. The van der Waals surface area contributed by atoms with Gasteiger partial charge in [0.1, 0.15) is 10.1 Å². The van der Waals surface area contributed by atoms with E-state index in [9.17, 15) is 23.3 Å². The molecule has 1 fully saturated rings. The molecule has 1 saturated carbocycles. The van der Waals surface area contributed by atoms with Crippen LogP contribution in [0, 0.1) is 15.5 Å². The molecule has 2 aliphatic rings. The molecule has 10 nitrogen and oxygen atoms in total. The van der Waals surface area contributed by atoms with E-state index < -0.39 is 48.0 Å². The van der Waals surface area contributed by atoms with Gasteiger partial charge in [0.15, 0.2) is 9.84 Å². The second-order valence-corrected chi connectivity index (χ2v) is 9.20. The zero-order valence-corrected chi connectivity index (χ0v) is 17.1. The Labute approximate surface area is 173 Å². The van der Waals surface area contributed by atoms with E-state index >= 15 is 0 Å². The number of nitro groups is 1. The van der Waals surface area contributed by atoms with Crippen LogP contribution in [0.1, 0.15) is 0 Å². The Hall–Kier alpha value is -2.60. The van der Waals surface area contributed by atoms with Crippen molar-refractivity contribution in [1.82, 2.24) is 5.32 Å². The maximum atomic E-state index is 13.5. The van der Waals surface area contributed by atoms with Crippen molar-refractivity contribution in [2.24, 2.45) is 11.1 Å². The smallest absolute Gasteiger partial charge is 0.287 e. The summed E-state index contributed by atoms with van der Waals surface area (Å²) in [4.78, 5) is 22.5. The number of rotatable bonds is 9. The van der Waals surface area contributed by atoms with E-state index in [0.717, 1.165) is 6.07 Å². The third kappa shape index (κ3) is 3.54. The van der Waals surface area contributed by atoms with Crippen LogP contribution in [0.2, 0.25) is 0 Å². The summed E-state index contributed by atoms with van der Waals surface area (Å²) in [5.41, 5.74) is 3.92. The van der Waals surface area contributed by atoms with Crippen LogP contribution in [-0.4, -0.2) is 63.5 Å². The summed E-state index contributed by atoms with van der Waals surface area (Å²) in [7, 11) is -2.75. The highest BCUT2D eigenvalue weighted by Crippen LogP contribution is 2.60. The Kier molecular flexibility index (Phi) is 6.09. The lowest BCUT2D eigenvalue weighted by Crippen LogP contribution is -2.46. The van der Waals surface area contributed by atoms with E-state index in [-0.39, 0.29) is 31.4 Å². The third-order valence-electron chi connectivity index (χ3n) is 5.42. The number of hydrogen-bond acceptors (Lipinski definition) is 8. The number of amides is 1. The van der Waals surface area contributed by atoms with Crippen LogP contribution >= 0.6 is 0 Å². The molecule has 0 radical (unpaired) electrons. The van der Waals surface area contributed by atoms with Gasteiger partial charge in [-0.15, -0.1) is 6.58 Å². The van der Waals surface area contributed by atoms with Gasteiger partial charge in [-0.2, -0.15) is 0 Å². The summed E-state index contributed by atoms with van der Waals surface area (Å²) in [5.74, 6) is -0.773. The number of hydrogen-bond donors (Lipinski definition) is 2. The molecule has 3 unspecified atom stereocenters. The Morgan fingerprint density at radius 2 is 2.17 bits per heavy atom. The molecule has 1 aromatic rings. The molecule has 0 saturated heterocycles. The van der Waals surface area contributed by atoms with Gasteiger partial charge in [-0.1, -0.05) is 24.3 Å². The molecule has 1 amide bonds. The average molecular weight is 437 g/mol. The number of sulfone groups is 1. The summed E-state index contributed by atoms with van der Waals surface area (Å²) in [5, 5.41) is 13.3. The molecule has 162 valence electrons. The molecule has 1 heterocycles. The summed E-state index contributed by atoms with van der Waals surface area (Å²) < 4.78 is 37.8. The number of carbonyl (C=O) groups is 1. The Bertz CT molecular complexity index is 1010. The average Bonchev–Trinajstić information content (AvgIpc) is 3.35. The van der Waals surface area contributed by atoms with Gasteiger partial charge in [0.05, 0.1) is 29.7 Å². The van der Waals surface area contributed by atoms with Crippen molar-refractivity contribution in [3.05, 3.63) is 58.7 Å². The van der Waals surface area contributed by atoms with Crippen LogP contribution < -0.4 is 11.1 Å². The van der Waals surface area contributed by atoms with E-state index in [1.165, 1.54) is 31.4 Å². The molecule has 4 atom stereocenters. The molecule has 1 spiro atoms. The topological polar surface area (TPSA) is 151 Å². The lowest BCUT2D eigenvalue weighted by molar-refractivity contribution is -0.387. The van der Waals surface area contributed by atoms with Gasteiger partial charge >= 0.3 is 0 Å². The fraction of sp³-hybridized carbons (Fsp3) is 0.421. The first-order valence-corrected chi connectivity index (χ1v) is 10.7. The van der Waals surface area contributed by atoms with Crippen LogP contribution in [0.15, 0.2) is 53.5 Å². The molecule has 1 aromatic carbocycles. The minimum atomic E-state index is -4.25. The highest BCUT2D eigenvalue weighted by atomic mass is 32.2. The molecular formula is C19H23N3O7S. The molecule has 1 aliphatic carbocycles. The minimum Gasteiger partial charge on any atom is -0.383 e. The number of primary amides is 1. The van der Waals surface area contributed by atoms with Crippen LogP contribution in [0.25, 0.3) is 0 Å². The Morgan fingerprint density at radius 3 is 2.77 bits per heavy atom. The standard InChI is InChI=1S/C19H23N3O7S/c1-3-8-29-16-17(30(26,27)15-7-5-4-6-14(15)22(24)25)19(16)11-21-12(10-28-2)9-13(19)18(20)23/h3-7,9,12,16-17,21H,1,8,10-11H2,2H3,(H2,20,23)/t12-,16?,17?,19?/m0/s1. The van der Waals surface area contributed by atoms with Gasteiger partial charge in [-0.05, 0) is 6.07 Å². The number of methoxy groups -OCH3 is 1. The molecular weight excluding hydrogens is 414 g/mol. The zero-order valence-electron chi connectivity index (χ0n) is 16.3. The van der Waals surface area contributed by atoms with Crippen molar-refractivity contribution >= 4 is 21.4 Å². The van der Waals surface area contributed by atoms with Crippen molar-refractivity contribution in [2.75, 3.05) is 26.9 Å². The quantitative estimate of drug-likeness (QED) is 0.319. The first kappa shape index (κ1) is 22.1. The predicted octanol–water partition coefficient (Wildman–Crippen LogP) is 0.338. The largest absolute Gasteiger partial charge is 0.383 e. The van der Waals surface area contributed by atoms with Crippen molar-refractivity contribution in [2.45, 2.75) is 22.3 Å². The zero-order chi connectivity index (χ0) is 22.1. The van der Waals surface area contributed by atoms with Gasteiger partial charge in [-0.3, -0.25) is 14.9 Å². The van der Waals surface area contributed by atoms with E-state index in [4.69, 9.17) is 15.2 Å². The normalized spacial score (nSPS) is 28.0. The maximum absolute atomic E-state index is 13.5. The summed E-state index contributed by atoms with van der Waals surface area (Å²) in [6, 6.07) is 4.77. The first-order chi connectivity index (χ1) is 14.2. The van der Waals surface area contributed by atoms with E-state index in [2.05, 4.69) is 11.9 Å². The van der Waals surface area contributed by atoms with Gasteiger partial charge in [0.25, 0.3) is 5.69 Å². The second kappa shape index (κ2) is 8.26. The second-order valence-electron chi connectivity index (χ2n) is 7.16. The summed E-state index contributed by atoms with van der Waals surface area (Å²) in [6.45, 7) is 3.95. The number of ether oxygens (including phenoxy) is 2. The van der Waals surface area contributed by atoms with Crippen molar-refractivity contribution < 1.29 is 27.6 Å². The molecule has 3 N–H and O–H groups in total. The molecule has 11 heteroatoms. The monoisotopic (exact) mass is 437 g/mol. The Balaban J connectivity index is 2.11. The molecule has 30 heavy (non-hydrogen) atoms. The number of para-hydroxylation sites is 1. The molecule has 0 bridgehead atoms. The first-order valence-electron chi connectivity index (χ1n) is 9.16. The lowest BCUT2D eigenvalue weighted by atomic mass is 9.89. The number of nitrogens with two attached hydrogens (primary N) is 1. The molecule has 1 aliphatic heterocycles. The van der Waals surface area contributed by atoms with Crippen LogP contribution in [0.5, 0.6) is 0 Å². The number of nitro benzene ring substituents is 1. The number of benzene rings is 1. The van der Waals surface area contributed by atoms with Crippen LogP contribution in [0.4, 0.5) is 5.69 Å². The van der Waals surface area contributed by atoms with Crippen molar-refractivity contribution in [3.8, 4) is 0 Å².